The highest BCUT2D eigenvalue weighted by Gasteiger charge is 2.27. The van der Waals surface area contributed by atoms with Gasteiger partial charge in [-0.15, -0.1) is 0 Å². The van der Waals surface area contributed by atoms with Crippen molar-refractivity contribution >= 4 is 23.4 Å². The van der Waals surface area contributed by atoms with Crippen molar-refractivity contribution in [3.63, 3.8) is 0 Å². The molecule has 6 heteroatoms. The largest absolute Gasteiger partial charge is 0.350 e. The molecule has 1 unspecified atom stereocenters. The van der Waals surface area contributed by atoms with Crippen LogP contribution in [0.25, 0.3) is 0 Å². The molecule has 1 N–H and O–H groups in total. The molecular formula is C21H24ClFN2O2. The van der Waals surface area contributed by atoms with Gasteiger partial charge in [0, 0.05) is 24.0 Å². The number of nitrogens with zero attached hydrogens (tertiary/aromatic N) is 1. The number of carbonyl (C=O) groups is 2. The van der Waals surface area contributed by atoms with Crippen molar-refractivity contribution in [3.8, 4) is 0 Å². The lowest BCUT2D eigenvalue weighted by atomic mass is 10.1. The summed E-state index contributed by atoms with van der Waals surface area (Å²) in [4.78, 5) is 26.8. The monoisotopic (exact) mass is 390 g/mol. The Kier molecular flexibility index (Phi) is 7.36. The minimum absolute atomic E-state index is 0.131. The summed E-state index contributed by atoms with van der Waals surface area (Å²) in [6.07, 6.45) is 0. The van der Waals surface area contributed by atoms with E-state index >= 15 is 0 Å². The molecule has 0 bridgehead atoms. The molecule has 0 aliphatic rings. The van der Waals surface area contributed by atoms with Crippen LogP contribution in [0.1, 0.15) is 31.9 Å². The maximum absolute atomic E-state index is 13.1. The molecule has 0 saturated heterocycles. The number of nitrogens with one attached hydrogen (secondary N) is 1. The van der Waals surface area contributed by atoms with Crippen molar-refractivity contribution in [1.82, 2.24) is 10.2 Å². The second kappa shape index (κ2) is 9.51. The molecule has 0 aliphatic heterocycles. The molecule has 0 spiro atoms. The standard InChI is InChI=1S/C21H24ClFN2O2/c1-14(2)21(27)25(13-17-6-10-19(23)11-7-17)15(3)20(26)24-12-16-4-8-18(22)9-5-16/h4-11,14-15H,12-13H2,1-3H3,(H,24,26). The minimum atomic E-state index is -0.655. The molecule has 0 heterocycles. The number of hydrogen-bond donors (Lipinski definition) is 1. The highest BCUT2D eigenvalue weighted by molar-refractivity contribution is 6.30. The smallest absolute Gasteiger partial charge is 0.242 e. The Bertz CT molecular complexity index is 776. The van der Waals surface area contributed by atoms with Crippen molar-refractivity contribution in [2.45, 2.75) is 39.9 Å². The fourth-order valence-corrected chi connectivity index (χ4v) is 2.73. The van der Waals surface area contributed by atoms with E-state index in [1.54, 1.807) is 45.0 Å². The fourth-order valence-electron chi connectivity index (χ4n) is 2.60. The summed E-state index contributed by atoms with van der Waals surface area (Å²) in [7, 11) is 0. The summed E-state index contributed by atoms with van der Waals surface area (Å²) in [5.74, 6) is -0.972. The zero-order chi connectivity index (χ0) is 20.0. The topological polar surface area (TPSA) is 49.4 Å². The van der Waals surface area contributed by atoms with Crippen LogP contribution in [0.3, 0.4) is 0 Å². The average molecular weight is 391 g/mol. The van der Waals surface area contributed by atoms with Gasteiger partial charge in [0.1, 0.15) is 11.9 Å². The van der Waals surface area contributed by atoms with Crippen molar-refractivity contribution in [3.05, 3.63) is 70.5 Å². The van der Waals surface area contributed by atoms with Crippen LogP contribution in [-0.4, -0.2) is 22.8 Å². The quantitative estimate of drug-likeness (QED) is 0.771. The summed E-state index contributed by atoms with van der Waals surface area (Å²) in [6.45, 7) is 5.87. The van der Waals surface area contributed by atoms with Gasteiger partial charge in [-0.2, -0.15) is 0 Å². The molecule has 0 aliphatic carbocycles. The van der Waals surface area contributed by atoms with Crippen molar-refractivity contribution in [2.75, 3.05) is 0 Å². The van der Waals surface area contributed by atoms with E-state index in [2.05, 4.69) is 5.32 Å². The third-order valence-electron chi connectivity index (χ3n) is 4.27. The fraction of sp³-hybridized carbons (Fsp3) is 0.333. The van der Waals surface area contributed by atoms with Gasteiger partial charge in [-0.1, -0.05) is 49.7 Å². The Morgan fingerprint density at radius 3 is 2.11 bits per heavy atom. The summed E-state index contributed by atoms with van der Waals surface area (Å²) in [5.41, 5.74) is 1.68. The van der Waals surface area contributed by atoms with E-state index in [9.17, 15) is 14.0 Å². The lowest BCUT2D eigenvalue weighted by Crippen LogP contribution is -2.48. The van der Waals surface area contributed by atoms with Crippen LogP contribution in [-0.2, 0) is 22.7 Å². The molecule has 2 rings (SSSR count). The predicted molar refractivity (Wildman–Crippen MR) is 105 cm³/mol. The Morgan fingerprint density at radius 2 is 1.56 bits per heavy atom. The van der Waals surface area contributed by atoms with Crippen LogP contribution >= 0.6 is 11.6 Å². The van der Waals surface area contributed by atoms with Crippen LogP contribution in [0.4, 0.5) is 4.39 Å². The summed E-state index contributed by atoms with van der Waals surface area (Å²) in [6, 6.07) is 12.5. The van der Waals surface area contributed by atoms with Gasteiger partial charge < -0.3 is 10.2 Å². The highest BCUT2D eigenvalue weighted by atomic mass is 35.5. The molecule has 144 valence electrons. The van der Waals surface area contributed by atoms with Crippen LogP contribution in [0.5, 0.6) is 0 Å². The van der Waals surface area contributed by atoms with E-state index in [0.29, 0.717) is 11.6 Å². The van der Waals surface area contributed by atoms with E-state index in [0.717, 1.165) is 11.1 Å². The normalized spacial score (nSPS) is 11.9. The third-order valence-corrected chi connectivity index (χ3v) is 4.52. The lowest BCUT2D eigenvalue weighted by Gasteiger charge is -2.30. The van der Waals surface area contributed by atoms with Crippen LogP contribution in [0.15, 0.2) is 48.5 Å². The average Bonchev–Trinajstić information content (AvgIpc) is 2.65. The van der Waals surface area contributed by atoms with E-state index in [1.807, 2.05) is 12.1 Å². The van der Waals surface area contributed by atoms with E-state index in [4.69, 9.17) is 11.6 Å². The first-order valence-electron chi connectivity index (χ1n) is 8.85. The van der Waals surface area contributed by atoms with Gasteiger partial charge in [0.2, 0.25) is 11.8 Å². The van der Waals surface area contributed by atoms with Gasteiger partial charge in [-0.3, -0.25) is 9.59 Å². The molecule has 4 nitrogen and oxygen atoms in total. The first kappa shape index (κ1) is 20.9. The van der Waals surface area contributed by atoms with Crippen molar-refractivity contribution in [1.29, 1.82) is 0 Å². The minimum Gasteiger partial charge on any atom is -0.350 e. The van der Waals surface area contributed by atoms with E-state index in [1.165, 1.54) is 17.0 Å². The maximum atomic E-state index is 13.1. The molecule has 0 fully saturated rings. The third kappa shape index (κ3) is 6.07. The molecule has 0 radical (unpaired) electrons. The number of rotatable bonds is 7. The molecular weight excluding hydrogens is 367 g/mol. The Hall–Kier alpha value is -2.40. The second-order valence-corrected chi connectivity index (χ2v) is 7.20. The Balaban J connectivity index is 2.08. The van der Waals surface area contributed by atoms with Gasteiger partial charge in [0.05, 0.1) is 0 Å². The Morgan fingerprint density at radius 1 is 1.00 bits per heavy atom. The molecule has 2 aromatic rings. The van der Waals surface area contributed by atoms with Gasteiger partial charge in [-0.25, -0.2) is 4.39 Å². The van der Waals surface area contributed by atoms with Crippen LogP contribution < -0.4 is 5.32 Å². The van der Waals surface area contributed by atoms with Gasteiger partial charge in [0.15, 0.2) is 0 Å². The summed E-state index contributed by atoms with van der Waals surface area (Å²) in [5, 5.41) is 3.48. The second-order valence-electron chi connectivity index (χ2n) is 6.77. The number of amides is 2. The number of halogens is 2. The first-order valence-corrected chi connectivity index (χ1v) is 9.23. The lowest BCUT2D eigenvalue weighted by molar-refractivity contribution is -0.143. The van der Waals surface area contributed by atoms with Gasteiger partial charge in [-0.05, 0) is 42.3 Å². The number of carbonyl (C=O) groups excluding carboxylic acids is 2. The first-order chi connectivity index (χ1) is 12.8. The molecule has 0 saturated carbocycles. The van der Waals surface area contributed by atoms with Gasteiger partial charge >= 0.3 is 0 Å². The maximum Gasteiger partial charge on any atom is 0.242 e. The number of hydrogen-bond acceptors (Lipinski definition) is 2. The molecule has 0 aromatic heterocycles. The van der Waals surface area contributed by atoms with Crippen LogP contribution in [0, 0.1) is 11.7 Å². The van der Waals surface area contributed by atoms with Crippen molar-refractivity contribution in [2.24, 2.45) is 5.92 Å². The summed E-state index contributed by atoms with van der Waals surface area (Å²) < 4.78 is 13.1. The van der Waals surface area contributed by atoms with E-state index in [-0.39, 0.29) is 30.1 Å². The van der Waals surface area contributed by atoms with Crippen molar-refractivity contribution < 1.29 is 14.0 Å². The molecule has 2 aromatic carbocycles. The highest BCUT2D eigenvalue weighted by Crippen LogP contribution is 2.14. The molecule has 27 heavy (non-hydrogen) atoms. The Labute approximate surface area is 164 Å². The molecule has 2 amide bonds. The summed E-state index contributed by atoms with van der Waals surface area (Å²) >= 11 is 5.86. The van der Waals surface area contributed by atoms with E-state index < -0.39 is 6.04 Å². The number of benzene rings is 2. The molecule has 1 atom stereocenters. The van der Waals surface area contributed by atoms with Gasteiger partial charge in [0.25, 0.3) is 0 Å². The predicted octanol–water partition coefficient (Wildman–Crippen LogP) is 4.17. The zero-order valence-electron chi connectivity index (χ0n) is 15.7. The zero-order valence-corrected chi connectivity index (χ0v) is 16.5. The van der Waals surface area contributed by atoms with Crippen LogP contribution in [0.2, 0.25) is 5.02 Å². The SMILES string of the molecule is CC(C)C(=O)N(Cc1ccc(F)cc1)C(C)C(=O)NCc1ccc(Cl)cc1.